The maximum atomic E-state index is 12.7. The minimum atomic E-state index is -0.311. The molecule has 0 bridgehead atoms. The van der Waals surface area contributed by atoms with E-state index in [0.717, 1.165) is 5.75 Å². The number of rotatable bonds is 9. The van der Waals surface area contributed by atoms with E-state index in [1.54, 1.807) is 24.1 Å². The first-order valence-corrected chi connectivity index (χ1v) is 10.5. The SMILES string of the molecule is CCOC(=O)Cc1csc(NC(=O)C(SCc2ccccc2)C(C)C)n1. The predicted molar refractivity (Wildman–Crippen MR) is 107 cm³/mol. The highest BCUT2D eigenvalue weighted by Crippen LogP contribution is 2.26. The molecule has 0 aliphatic rings. The number of aromatic nitrogens is 1. The van der Waals surface area contributed by atoms with Gasteiger partial charge in [-0.25, -0.2) is 4.98 Å². The molecule has 1 aromatic heterocycles. The zero-order chi connectivity index (χ0) is 18.9. The fourth-order valence-electron chi connectivity index (χ4n) is 2.31. The summed E-state index contributed by atoms with van der Waals surface area (Å²) in [5.41, 5.74) is 1.81. The van der Waals surface area contributed by atoms with Crippen LogP contribution in [-0.4, -0.2) is 28.7 Å². The minimum Gasteiger partial charge on any atom is -0.466 e. The third-order valence-corrected chi connectivity index (χ3v) is 5.97. The standard InChI is InChI=1S/C19H24N2O3S2/c1-4-24-16(22)10-15-12-26-19(20-15)21-18(23)17(13(2)3)25-11-14-8-6-5-7-9-14/h5-9,12-13,17H,4,10-11H2,1-3H3,(H,20,21,23). The van der Waals surface area contributed by atoms with Gasteiger partial charge in [0.1, 0.15) is 0 Å². The van der Waals surface area contributed by atoms with E-state index >= 15 is 0 Å². The van der Waals surface area contributed by atoms with Gasteiger partial charge < -0.3 is 10.1 Å². The first-order chi connectivity index (χ1) is 12.5. The maximum absolute atomic E-state index is 12.7. The van der Waals surface area contributed by atoms with Gasteiger partial charge in [0.05, 0.1) is 24.0 Å². The summed E-state index contributed by atoms with van der Waals surface area (Å²) in [6.07, 6.45) is 0.122. The Morgan fingerprint density at radius 2 is 2.00 bits per heavy atom. The molecule has 0 fully saturated rings. The normalized spacial score (nSPS) is 12.0. The molecule has 7 heteroatoms. The van der Waals surface area contributed by atoms with E-state index in [-0.39, 0.29) is 29.5 Å². The zero-order valence-corrected chi connectivity index (χ0v) is 16.9. The number of benzene rings is 1. The van der Waals surface area contributed by atoms with E-state index in [1.165, 1.54) is 16.9 Å². The number of nitrogens with one attached hydrogen (secondary N) is 1. The molecule has 1 heterocycles. The fraction of sp³-hybridized carbons (Fsp3) is 0.421. The fourth-order valence-corrected chi connectivity index (χ4v) is 4.19. The summed E-state index contributed by atoms with van der Waals surface area (Å²) in [5.74, 6) is 0.609. The van der Waals surface area contributed by atoms with Crippen molar-refractivity contribution in [1.29, 1.82) is 0 Å². The zero-order valence-electron chi connectivity index (χ0n) is 15.2. The molecule has 1 atom stereocenters. The van der Waals surface area contributed by atoms with Crippen molar-refractivity contribution < 1.29 is 14.3 Å². The number of ether oxygens (including phenoxy) is 1. The summed E-state index contributed by atoms with van der Waals surface area (Å²) in [6, 6.07) is 10.1. The lowest BCUT2D eigenvalue weighted by Gasteiger charge is -2.19. The van der Waals surface area contributed by atoms with Crippen LogP contribution in [0.5, 0.6) is 0 Å². The molecule has 0 radical (unpaired) electrons. The van der Waals surface area contributed by atoms with Crippen molar-refractivity contribution in [3.05, 3.63) is 47.0 Å². The third-order valence-electron chi connectivity index (χ3n) is 3.55. The van der Waals surface area contributed by atoms with Gasteiger partial charge in [-0.2, -0.15) is 0 Å². The van der Waals surface area contributed by atoms with Gasteiger partial charge in [-0.1, -0.05) is 44.2 Å². The van der Waals surface area contributed by atoms with Gasteiger partial charge in [0, 0.05) is 11.1 Å². The lowest BCUT2D eigenvalue weighted by Crippen LogP contribution is -2.29. The number of thiazole rings is 1. The second kappa shape index (κ2) is 10.3. The van der Waals surface area contributed by atoms with Crippen molar-refractivity contribution >= 4 is 40.1 Å². The van der Waals surface area contributed by atoms with Gasteiger partial charge in [0.25, 0.3) is 0 Å². The number of hydrogen-bond acceptors (Lipinski definition) is 6. The Morgan fingerprint density at radius 1 is 1.27 bits per heavy atom. The number of anilines is 1. The molecular formula is C19H24N2O3S2. The third kappa shape index (κ3) is 6.46. The first kappa shape index (κ1) is 20.5. The van der Waals surface area contributed by atoms with E-state index in [4.69, 9.17) is 4.74 Å². The van der Waals surface area contributed by atoms with Crippen LogP contribution in [-0.2, 0) is 26.5 Å². The van der Waals surface area contributed by atoms with E-state index in [0.29, 0.717) is 17.4 Å². The highest BCUT2D eigenvalue weighted by atomic mass is 32.2. The molecule has 0 saturated carbocycles. The van der Waals surface area contributed by atoms with E-state index in [1.807, 2.05) is 32.0 Å². The quantitative estimate of drug-likeness (QED) is 0.650. The molecule has 2 aromatic rings. The van der Waals surface area contributed by atoms with Crippen molar-refractivity contribution in [2.75, 3.05) is 11.9 Å². The molecule has 0 saturated heterocycles. The van der Waals surface area contributed by atoms with Gasteiger partial charge in [-0.15, -0.1) is 23.1 Å². The van der Waals surface area contributed by atoms with Crippen LogP contribution in [0.1, 0.15) is 32.0 Å². The first-order valence-electron chi connectivity index (χ1n) is 8.56. The van der Waals surface area contributed by atoms with Crippen molar-refractivity contribution in [2.24, 2.45) is 5.92 Å². The summed E-state index contributed by atoms with van der Waals surface area (Å²) in [4.78, 5) is 28.5. The van der Waals surface area contributed by atoms with E-state index < -0.39 is 0 Å². The molecule has 0 aliphatic carbocycles. The average molecular weight is 393 g/mol. The number of carbonyl (C=O) groups is 2. The van der Waals surface area contributed by atoms with Crippen LogP contribution < -0.4 is 5.32 Å². The summed E-state index contributed by atoms with van der Waals surface area (Å²) >= 11 is 2.95. The molecule has 2 rings (SSSR count). The second-order valence-electron chi connectivity index (χ2n) is 6.08. The van der Waals surface area contributed by atoms with Crippen LogP contribution >= 0.6 is 23.1 Å². The van der Waals surface area contributed by atoms with Crippen LogP contribution in [0.4, 0.5) is 5.13 Å². The van der Waals surface area contributed by atoms with Crippen LogP contribution in [0.2, 0.25) is 0 Å². The Kier molecular flexibility index (Phi) is 8.12. The van der Waals surface area contributed by atoms with Gasteiger partial charge in [-0.3, -0.25) is 9.59 Å². The molecule has 1 amide bonds. The Morgan fingerprint density at radius 3 is 2.65 bits per heavy atom. The van der Waals surface area contributed by atoms with Crippen molar-refractivity contribution in [1.82, 2.24) is 4.98 Å². The number of carbonyl (C=O) groups excluding carboxylic acids is 2. The second-order valence-corrected chi connectivity index (χ2v) is 8.06. The molecule has 0 aliphatic heterocycles. The molecule has 26 heavy (non-hydrogen) atoms. The molecule has 1 N–H and O–H groups in total. The molecular weight excluding hydrogens is 368 g/mol. The Balaban J connectivity index is 1.92. The van der Waals surface area contributed by atoms with Crippen LogP contribution in [0.3, 0.4) is 0 Å². The Hall–Kier alpha value is -1.86. The number of nitrogens with zero attached hydrogens (tertiary/aromatic N) is 1. The predicted octanol–water partition coefficient (Wildman–Crippen LogP) is 4.15. The summed E-state index contributed by atoms with van der Waals surface area (Å²) < 4.78 is 4.91. The maximum Gasteiger partial charge on any atom is 0.311 e. The van der Waals surface area contributed by atoms with Gasteiger partial charge in [0.2, 0.25) is 5.91 Å². The van der Waals surface area contributed by atoms with E-state index in [9.17, 15) is 9.59 Å². The minimum absolute atomic E-state index is 0.0574. The molecule has 5 nitrogen and oxygen atoms in total. The Labute approximate surface area is 162 Å². The summed E-state index contributed by atoms with van der Waals surface area (Å²) in [6.45, 7) is 6.19. The smallest absolute Gasteiger partial charge is 0.311 e. The summed E-state index contributed by atoms with van der Waals surface area (Å²) in [7, 11) is 0. The average Bonchev–Trinajstić information content (AvgIpc) is 3.02. The summed E-state index contributed by atoms with van der Waals surface area (Å²) in [5, 5.41) is 4.99. The van der Waals surface area contributed by atoms with Gasteiger partial charge >= 0.3 is 5.97 Å². The number of hydrogen-bond donors (Lipinski definition) is 1. The number of esters is 1. The molecule has 1 aromatic carbocycles. The number of amides is 1. The lowest BCUT2D eigenvalue weighted by molar-refractivity contribution is -0.142. The molecule has 140 valence electrons. The molecule has 1 unspecified atom stereocenters. The van der Waals surface area contributed by atoms with Crippen molar-refractivity contribution in [2.45, 2.75) is 38.2 Å². The highest BCUT2D eigenvalue weighted by Gasteiger charge is 2.23. The number of thioether (sulfide) groups is 1. The van der Waals surface area contributed by atoms with Crippen molar-refractivity contribution in [3.8, 4) is 0 Å². The van der Waals surface area contributed by atoms with Crippen LogP contribution in [0.15, 0.2) is 35.7 Å². The Bertz CT molecular complexity index is 717. The topological polar surface area (TPSA) is 68.3 Å². The van der Waals surface area contributed by atoms with Crippen molar-refractivity contribution in [3.63, 3.8) is 0 Å². The van der Waals surface area contributed by atoms with Gasteiger partial charge in [-0.05, 0) is 18.4 Å². The van der Waals surface area contributed by atoms with E-state index in [2.05, 4.69) is 22.4 Å². The molecule has 0 spiro atoms. The monoisotopic (exact) mass is 392 g/mol. The van der Waals surface area contributed by atoms with Crippen LogP contribution in [0.25, 0.3) is 0 Å². The highest BCUT2D eigenvalue weighted by molar-refractivity contribution is 7.99. The van der Waals surface area contributed by atoms with Gasteiger partial charge in [0.15, 0.2) is 5.13 Å². The lowest BCUT2D eigenvalue weighted by atomic mass is 10.1. The van der Waals surface area contributed by atoms with Crippen LogP contribution in [0, 0.1) is 5.92 Å². The largest absolute Gasteiger partial charge is 0.466 e.